The number of alkyl halides is 3. The van der Waals surface area contributed by atoms with Crippen LogP contribution in [0.15, 0.2) is 48.5 Å². The lowest BCUT2D eigenvalue weighted by Gasteiger charge is -2.23. The Morgan fingerprint density at radius 3 is 2.03 bits per heavy atom. The average Bonchev–Trinajstić information content (AvgIpc) is 3.08. The molecule has 1 aliphatic rings. The van der Waals surface area contributed by atoms with E-state index in [0.29, 0.717) is 0 Å². The molecule has 0 bridgehead atoms. The van der Waals surface area contributed by atoms with Gasteiger partial charge < -0.3 is 25.2 Å². The van der Waals surface area contributed by atoms with Gasteiger partial charge in [0.15, 0.2) is 6.04 Å². The van der Waals surface area contributed by atoms with Gasteiger partial charge in [-0.25, -0.2) is 9.59 Å². The number of carbonyl (C=O) groups is 3. The molecule has 0 radical (unpaired) electrons. The lowest BCUT2D eigenvalue weighted by Crippen LogP contribution is -2.58. The fraction of sp³-hybridized carbons (Fsp3) is 0.318. The first-order valence-corrected chi connectivity index (χ1v) is 9.83. The zero-order valence-corrected chi connectivity index (χ0v) is 17.4. The third-order valence-corrected chi connectivity index (χ3v) is 5.14. The van der Waals surface area contributed by atoms with Crippen molar-refractivity contribution in [2.45, 2.75) is 24.2 Å². The molecule has 0 aromatic heterocycles. The molecule has 11 heteroatoms. The van der Waals surface area contributed by atoms with E-state index in [1.807, 2.05) is 36.4 Å². The molecule has 0 saturated heterocycles. The van der Waals surface area contributed by atoms with Crippen molar-refractivity contribution < 1.29 is 42.1 Å². The third-order valence-electron chi connectivity index (χ3n) is 5.14. The van der Waals surface area contributed by atoms with Crippen LogP contribution in [0, 0.1) is 0 Å². The fourth-order valence-corrected chi connectivity index (χ4v) is 3.65. The van der Waals surface area contributed by atoms with Crippen molar-refractivity contribution >= 4 is 18.0 Å². The normalized spacial score (nSPS) is 14.5. The van der Waals surface area contributed by atoms with Crippen LogP contribution in [0.25, 0.3) is 11.1 Å². The Hall–Kier alpha value is -3.60. The van der Waals surface area contributed by atoms with Gasteiger partial charge in [0.25, 0.3) is 5.91 Å². The van der Waals surface area contributed by atoms with Crippen LogP contribution in [0.5, 0.6) is 0 Å². The van der Waals surface area contributed by atoms with Gasteiger partial charge in [-0.15, -0.1) is 0 Å². The van der Waals surface area contributed by atoms with E-state index in [4.69, 9.17) is 9.84 Å². The summed E-state index contributed by atoms with van der Waals surface area (Å²) in [6.07, 6.45) is -6.65. The SMILES string of the molecule is COCC(NC(=O)C(NC(=O)OCC1c2ccccc2-c2ccccc21)C(F)(F)F)C(=O)O. The smallest absolute Gasteiger partial charge is 0.417 e. The number of benzene rings is 2. The molecule has 8 nitrogen and oxygen atoms in total. The Morgan fingerprint density at radius 1 is 1.00 bits per heavy atom. The number of fused-ring (bicyclic) bond motifs is 3. The summed E-state index contributed by atoms with van der Waals surface area (Å²) in [5, 5.41) is 12.2. The lowest BCUT2D eigenvalue weighted by atomic mass is 9.98. The second-order valence-electron chi connectivity index (χ2n) is 7.30. The minimum atomic E-state index is -5.19. The fourth-order valence-electron chi connectivity index (χ4n) is 3.65. The van der Waals surface area contributed by atoms with E-state index >= 15 is 0 Å². The molecule has 0 spiro atoms. The Morgan fingerprint density at radius 2 is 1.55 bits per heavy atom. The summed E-state index contributed by atoms with van der Waals surface area (Å²) in [7, 11) is 1.12. The van der Waals surface area contributed by atoms with Gasteiger partial charge in [0, 0.05) is 13.0 Å². The Bertz CT molecular complexity index is 997. The number of aliphatic carboxylic acids is 1. The van der Waals surface area contributed by atoms with E-state index in [-0.39, 0.29) is 12.5 Å². The van der Waals surface area contributed by atoms with Gasteiger partial charge in [-0.3, -0.25) is 4.79 Å². The van der Waals surface area contributed by atoms with Crippen LogP contribution >= 0.6 is 0 Å². The van der Waals surface area contributed by atoms with E-state index in [0.717, 1.165) is 29.4 Å². The van der Waals surface area contributed by atoms with E-state index in [2.05, 4.69) is 4.74 Å². The maximum atomic E-state index is 13.4. The molecule has 3 rings (SSSR count). The number of alkyl carbamates (subject to hydrolysis) is 1. The monoisotopic (exact) mass is 466 g/mol. The number of hydrogen-bond donors (Lipinski definition) is 3. The summed E-state index contributed by atoms with van der Waals surface area (Å²) in [5.74, 6) is -3.73. The second kappa shape index (κ2) is 9.90. The predicted molar refractivity (Wildman–Crippen MR) is 109 cm³/mol. The van der Waals surface area contributed by atoms with Crippen molar-refractivity contribution in [1.82, 2.24) is 10.6 Å². The highest BCUT2D eigenvalue weighted by Crippen LogP contribution is 2.44. The largest absolute Gasteiger partial charge is 0.480 e. The molecule has 0 aliphatic heterocycles. The maximum absolute atomic E-state index is 13.4. The Kier molecular flexibility index (Phi) is 7.22. The molecular formula is C22H21F3N2O6. The molecule has 2 unspecified atom stereocenters. The van der Waals surface area contributed by atoms with E-state index < -0.39 is 42.8 Å². The standard InChI is InChI=1S/C22H21F3N2O6/c1-32-11-17(20(29)30)26-19(28)18(22(23,24)25)27-21(31)33-10-16-14-8-4-2-6-12(14)13-7-3-5-9-15(13)16/h2-9,16-18H,10-11H2,1H3,(H,26,28)(H,27,31)(H,29,30). The molecule has 0 saturated carbocycles. The molecule has 33 heavy (non-hydrogen) atoms. The van der Waals surface area contributed by atoms with Crippen LogP contribution in [0.2, 0.25) is 0 Å². The second-order valence-corrected chi connectivity index (χ2v) is 7.30. The predicted octanol–water partition coefficient (Wildman–Crippen LogP) is 2.67. The van der Waals surface area contributed by atoms with Crippen LogP contribution in [0.3, 0.4) is 0 Å². The molecule has 176 valence electrons. The summed E-state index contributed by atoms with van der Waals surface area (Å²) >= 11 is 0. The first-order chi connectivity index (χ1) is 15.6. The molecule has 3 N–H and O–H groups in total. The quantitative estimate of drug-likeness (QED) is 0.551. The van der Waals surface area contributed by atoms with Crippen molar-refractivity contribution in [3.63, 3.8) is 0 Å². The average molecular weight is 466 g/mol. The Balaban J connectivity index is 1.69. The van der Waals surface area contributed by atoms with Gasteiger partial charge in [-0.1, -0.05) is 48.5 Å². The molecular weight excluding hydrogens is 445 g/mol. The van der Waals surface area contributed by atoms with Crippen molar-refractivity contribution in [3.05, 3.63) is 59.7 Å². The lowest BCUT2D eigenvalue weighted by molar-refractivity contribution is -0.169. The highest BCUT2D eigenvalue weighted by molar-refractivity contribution is 5.90. The van der Waals surface area contributed by atoms with Crippen LogP contribution in [-0.2, 0) is 19.1 Å². The minimum absolute atomic E-state index is 0.256. The van der Waals surface area contributed by atoms with Gasteiger partial charge in [0.1, 0.15) is 6.61 Å². The molecule has 2 aromatic carbocycles. The van der Waals surface area contributed by atoms with Crippen molar-refractivity contribution in [2.24, 2.45) is 0 Å². The van der Waals surface area contributed by atoms with Crippen molar-refractivity contribution in [3.8, 4) is 11.1 Å². The van der Waals surface area contributed by atoms with Crippen LogP contribution in [-0.4, -0.2) is 61.7 Å². The molecule has 0 heterocycles. The van der Waals surface area contributed by atoms with E-state index in [9.17, 15) is 27.6 Å². The first kappa shape index (κ1) is 24.1. The molecule has 0 fully saturated rings. The number of hydrogen-bond acceptors (Lipinski definition) is 5. The number of carboxylic acid groups (broad SMARTS) is 1. The van der Waals surface area contributed by atoms with Crippen LogP contribution in [0.4, 0.5) is 18.0 Å². The number of halogens is 3. The zero-order valence-electron chi connectivity index (χ0n) is 17.4. The van der Waals surface area contributed by atoms with Crippen LogP contribution in [0.1, 0.15) is 17.0 Å². The maximum Gasteiger partial charge on any atom is 0.417 e. The zero-order chi connectivity index (χ0) is 24.2. The Labute approximate surface area is 186 Å². The van der Waals surface area contributed by atoms with Gasteiger partial charge in [-0.2, -0.15) is 13.2 Å². The summed E-state index contributed by atoms with van der Waals surface area (Å²) in [6, 6.07) is 10.1. The minimum Gasteiger partial charge on any atom is -0.480 e. The summed E-state index contributed by atoms with van der Waals surface area (Å²) in [6.45, 7) is -0.815. The highest BCUT2D eigenvalue weighted by Gasteiger charge is 2.47. The number of carboxylic acids is 1. The van der Waals surface area contributed by atoms with Crippen LogP contribution < -0.4 is 10.6 Å². The molecule has 2 aromatic rings. The number of amides is 2. The topological polar surface area (TPSA) is 114 Å². The third kappa shape index (κ3) is 5.43. The number of ether oxygens (including phenoxy) is 2. The number of nitrogens with one attached hydrogen (secondary N) is 2. The molecule has 2 amide bonds. The first-order valence-electron chi connectivity index (χ1n) is 9.83. The van der Waals surface area contributed by atoms with Gasteiger partial charge >= 0.3 is 18.2 Å². The summed E-state index contributed by atoms with van der Waals surface area (Å²) in [4.78, 5) is 35.3. The summed E-state index contributed by atoms with van der Waals surface area (Å²) in [5.41, 5.74) is 3.60. The van der Waals surface area contributed by atoms with E-state index in [1.165, 1.54) is 5.32 Å². The number of methoxy groups -OCH3 is 1. The number of carbonyl (C=O) groups excluding carboxylic acids is 2. The van der Waals surface area contributed by atoms with Gasteiger partial charge in [0.05, 0.1) is 6.61 Å². The van der Waals surface area contributed by atoms with Gasteiger partial charge in [-0.05, 0) is 22.3 Å². The molecule has 1 aliphatic carbocycles. The van der Waals surface area contributed by atoms with Gasteiger partial charge in [0.2, 0.25) is 6.04 Å². The highest BCUT2D eigenvalue weighted by atomic mass is 19.4. The van der Waals surface area contributed by atoms with Crippen molar-refractivity contribution in [2.75, 3.05) is 20.3 Å². The van der Waals surface area contributed by atoms with Crippen molar-refractivity contribution in [1.29, 1.82) is 0 Å². The molecule has 2 atom stereocenters. The summed E-state index contributed by atoms with van der Waals surface area (Å²) < 4.78 is 49.8. The number of rotatable bonds is 8. The van der Waals surface area contributed by atoms with E-state index in [1.54, 1.807) is 17.4 Å².